The number of benzene rings is 2. The minimum Gasteiger partial charge on any atom is -0.344 e. The van der Waals surface area contributed by atoms with E-state index < -0.39 is 0 Å². The van der Waals surface area contributed by atoms with Crippen LogP contribution in [0.15, 0.2) is 59.1 Å². The molecule has 0 atom stereocenters. The van der Waals surface area contributed by atoms with Crippen molar-refractivity contribution in [3.63, 3.8) is 0 Å². The van der Waals surface area contributed by atoms with E-state index in [0.717, 1.165) is 17.4 Å². The lowest BCUT2D eigenvalue weighted by molar-refractivity contribution is 0.558. The van der Waals surface area contributed by atoms with Crippen molar-refractivity contribution in [3.8, 4) is 0 Å². The van der Waals surface area contributed by atoms with Gasteiger partial charge in [-0.3, -0.25) is 0 Å². The van der Waals surface area contributed by atoms with Gasteiger partial charge in [-0.05, 0) is 41.6 Å². The van der Waals surface area contributed by atoms with Crippen LogP contribution in [0.1, 0.15) is 56.7 Å². The molecule has 0 aliphatic heterocycles. The summed E-state index contributed by atoms with van der Waals surface area (Å²) in [6.07, 6.45) is 9.06. The largest absolute Gasteiger partial charge is 0.344 e. The molecule has 2 heteroatoms. The van der Waals surface area contributed by atoms with Gasteiger partial charge in [-0.25, -0.2) is 0 Å². The Morgan fingerprint density at radius 1 is 0.840 bits per heavy atom. The van der Waals surface area contributed by atoms with Crippen molar-refractivity contribution in [1.29, 1.82) is 0 Å². The van der Waals surface area contributed by atoms with Crippen molar-refractivity contribution in [2.45, 2.75) is 58.4 Å². The molecule has 0 aliphatic carbocycles. The molecule has 0 fully saturated rings. The van der Waals surface area contributed by atoms with Crippen LogP contribution in [-0.4, -0.2) is 4.57 Å². The van der Waals surface area contributed by atoms with Gasteiger partial charge in [0.15, 0.2) is 0 Å². The number of hydrogen-bond acceptors (Lipinski definition) is 0. The smallest absolute Gasteiger partial charge is 0.0482 e. The Balaban J connectivity index is 1.73. The van der Waals surface area contributed by atoms with E-state index in [9.17, 15) is 0 Å². The second kappa shape index (κ2) is 9.24. The first kappa shape index (κ1) is 18.3. The third-order valence-corrected chi connectivity index (χ3v) is 5.46. The Hall–Kier alpha value is -1.54. The van der Waals surface area contributed by atoms with Gasteiger partial charge in [-0.15, -0.1) is 0 Å². The van der Waals surface area contributed by atoms with E-state index in [1.165, 1.54) is 60.7 Å². The molecular weight excluding hydrogens is 370 g/mol. The molecule has 1 aromatic heterocycles. The van der Waals surface area contributed by atoms with Gasteiger partial charge in [0.2, 0.25) is 0 Å². The Morgan fingerprint density at radius 2 is 1.56 bits per heavy atom. The summed E-state index contributed by atoms with van der Waals surface area (Å²) < 4.78 is 3.68. The summed E-state index contributed by atoms with van der Waals surface area (Å²) >= 11 is 3.53. The Morgan fingerprint density at radius 3 is 2.36 bits per heavy atom. The first-order valence-electron chi connectivity index (χ1n) is 9.59. The maximum absolute atomic E-state index is 3.53. The van der Waals surface area contributed by atoms with E-state index in [0.29, 0.717) is 0 Å². The van der Waals surface area contributed by atoms with Crippen molar-refractivity contribution >= 4 is 26.8 Å². The summed E-state index contributed by atoms with van der Waals surface area (Å²) in [7, 11) is 0. The molecule has 0 unspecified atom stereocenters. The fraction of sp³-hybridized carbons (Fsp3) is 0.391. The second-order valence-corrected chi connectivity index (χ2v) is 7.83. The summed E-state index contributed by atoms with van der Waals surface area (Å²) in [6.45, 7) is 3.41. The first-order chi connectivity index (χ1) is 12.3. The summed E-state index contributed by atoms with van der Waals surface area (Å²) in [5.74, 6) is 0. The van der Waals surface area contributed by atoms with Crippen LogP contribution >= 0.6 is 15.9 Å². The lowest BCUT2D eigenvalue weighted by atomic mass is 10.1. The standard InChI is InChI=1S/C23H28BrN/c1-2-3-4-5-6-9-16-25-22(17-19-12-14-21(24)15-13-19)18-20-10-7-8-11-23(20)25/h7-8,10-15,18H,2-6,9,16-17H2,1H3. The van der Waals surface area contributed by atoms with Crippen molar-refractivity contribution < 1.29 is 0 Å². The second-order valence-electron chi connectivity index (χ2n) is 6.92. The van der Waals surface area contributed by atoms with Gasteiger partial charge in [-0.2, -0.15) is 0 Å². The van der Waals surface area contributed by atoms with Gasteiger partial charge in [-0.1, -0.05) is 85.3 Å². The number of hydrogen-bond donors (Lipinski definition) is 0. The summed E-state index contributed by atoms with van der Waals surface area (Å²) in [6, 6.07) is 19.9. The van der Waals surface area contributed by atoms with E-state index in [2.05, 4.69) is 82.0 Å². The normalized spacial score (nSPS) is 11.3. The van der Waals surface area contributed by atoms with Crippen LogP contribution < -0.4 is 0 Å². The molecule has 0 aliphatic rings. The third-order valence-electron chi connectivity index (χ3n) is 4.93. The summed E-state index contributed by atoms with van der Waals surface area (Å²) in [5, 5.41) is 1.36. The molecule has 0 saturated carbocycles. The highest BCUT2D eigenvalue weighted by Crippen LogP contribution is 2.24. The van der Waals surface area contributed by atoms with Crippen LogP contribution in [0.4, 0.5) is 0 Å². The number of rotatable bonds is 9. The van der Waals surface area contributed by atoms with Crippen molar-refractivity contribution in [2.75, 3.05) is 0 Å². The van der Waals surface area contributed by atoms with Gasteiger partial charge in [0.1, 0.15) is 0 Å². The van der Waals surface area contributed by atoms with Gasteiger partial charge < -0.3 is 4.57 Å². The predicted molar refractivity (Wildman–Crippen MR) is 112 cm³/mol. The minimum absolute atomic E-state index is 0.998. The number of para-hydroxylation sites is 1. The topological polar surface area (TPSA) is 4.93 Å². The third kappa shape index (κ3) is 4.98. The van der Waals surface area contributed by atoms with Crippen LogP contribution in [0.2, 0.25) is 0 Å². The zero-order chi connectivity index (χ0) is 17.5. The monoisotopic (exact) mass is 397 g/mol. The fourth-order valence-corrected chi connectivity index (χ4v) is 3.80. The maximum atomic E-state index is 3.53. The van der Waals surface area contributed by atoms with Crippen molar-refractivity contribution in [2.24, 2.45) is 0 Å². The Labute approximate surface area is 160 Å². The zero-order valence-corrected chi connectivity index (χ0v) is 16.8. The quantitative estimate of drug-likeness (QED) is 0.332. The molecule has 2 aromatic carbocycles. The molecule has 0 amide bonds. The Bertz CT molecular complexity index is 785. The van der Waals surface area contributed by atoms with Crippen LogP contribution in [-0.2, 0) is 13.0 Å². The fourth-order valence-electron chi connectivity index (χ4n) is 3.54. The van der Waals surface area contributed by atoms with E-state index >= 15 is 0 Å². The number of aromatic nitrogens is 1. The molecule has 1 heterocycles. The summed E-state index contributed by atoms with van der Waals surface area (Å²) in [5.41, 5.74) is 4.18. The van der Waals surface area contributed by atoms with Gasteiger partial charge in [0.05, 0.1) is 0 Å². The molecule has 0 radical (unpaired) electrons. The molecule has 0 N–H and O–H groups in total. The summed E-state index contributed by atoms with van der Waals surface area (Å²) in [4.78, 5) is 0. The number of nitrogens with zero attached hydrogens (tertiary/aromatic N) is 1. The van der Waals surface area contributed by atoms with Crippen molar-refractivity contribution in [3.05, 3.63) is 70.3 Å². The zero-order valence-electron chi connectivity index (χ0n) is 15.2. The number of aryl methyl sites for hydroxylation is 1. The highest BCUT2D eigenvalue weighted by atomic mass is 79.9. The SMILES string of the molecule is CCCCCCCCn1c(Cc2ccc(Br)cc2)cc2ccccc21. The van der Waals surface area contributed by atoms with Crippen LogP contribution in [0, 0.1) is 0 Å². The molecular formula is C23H28BrN. The highest BCUT2D eigenvalue weighted by molar-refractivity contribution is 9.10. The van der Waals surface area contributed by atoms with Crippen LogP contribution in [0.5, 0.6) is 0 Å². The molecule has 132 valence electrons. The lowest BCUT2D eigenvalue weighted by Gasteiger charge is -2.11. The van der Waals surface area contributed by atoms with Crippen LogP contribution in [0.3, 0.4) is 0 Å². The molecule has 0 saturated heterocycles. The minimum atomic E-state index is 0.998. The molecule has 0 bridgehead atoms. The highest BCUT2D eigenvalue weighted by Gasteiger charge is 2.09. The molecule has 3 rings (SSSR count). The predicted octanol–water partition coefficient (Wildman–Crippen LogP) is 7.36. The molecule has 0 spiro atoms. The van der Waals surface area contributed by atoms with Gasteiger partial charge in [0.25, 0.3) is 0 Å². The van der Waals surface area contributed by atoms with E-state index in [-0.39, 0.29) is 0 Å². The average Bonchev–Trinajstić information content (AvgIpc) is 2.97. The maximum Gasteiger partial charge on any atom is 0.0482 e. The number of unbranched alkanes of at least 4 members (excludes halogenated alkanes) is 5. The van der Waals surface area contributed by atoms with Crippen LogP contribution in [0.25, 0.3) is 10.9 Å². The first-order valence-corrected chi connectivity index (χ1v) is 10.4. The van der Waals surface area contributed by atoms with Gasteiger partial charge >= 0.3 is 0 Å². The van der Waals surface area contributed by atoms with E-state index in [1.807, 2.05) is 0 Å². The average molecular weight is 398 g/mol. The molecule has 25 heavy (non-hydrogen) atoms. The van der Waals surface area contributed by atoms with E-state index in [1.54, 1.807) is 0 Å². The number of fused-ring (bicyclic) bond motifs is 1. The lowest BCUT2D eigenvalue weighted by Crippen LogP contribution is -2.04. The van der Waals surface area contributed by atoms with Gasteiger partial charge in [0, 0.05) is 28.6 Å². The Kier molecular flexibility index (Phi) is 6.75. The molecule has 3 aromatic rings. The molecule has 1 nitrogen and oxygen atoms in total. The number of halogens is 1. The van der Waals surface area contributed by atoms with E-state index in [4.69, 9.17) is 0 Å². The van der Waals surface area contributed by atoms with Crippen molar-refractivity contribution in [1.82, 2.24) is 4.57 Å².